The third-order valence-electron chi connectivity index (χ3n) is 1.27. The van der Waals surface area contributed by atoms with Gasteiger partial charge in [-0.3, -0.25) is 0 Å². The van der Waals surface area contributed by atoms with Gasteiger partial charge in [0, 0.05) is 0 Å². The first-order valence-electron chi connectivity index (χ1n) is 2.90. The molecule has 0 fully saturated rings. The van der Waals surface area contributed by atoms with Crippen LogP contribution in [0, 0.1) is 0 Å². The van der Waals surface area contributed by atoms with Gasteiger partial charge in [0.15, 0.2) is 0 Å². The van der Waals surface area contributed by atoms with Crippen LogP contribution in [0.5, 0.6) is 0 Å². The van der Waals surface area contributed by atoms with Crippen LogP contribution in [0.15, 0.2) is 0 Å². The van der Waals surface area contributed by atoms with Gasteiger partial charge in [-0.15, -0.1) is 0 Å². The summed E-state index contributed by atoms with van der Waals surface area (Å²) in [5.41, 5.74) is -5.95. The SMILES string of the molecule is O=[PH+]C(F)(F)C(F)(F)C(F)(F)C(F)(F)F. The molecule has 1 atom stereocenters. The number of halogens is 9. The molecule has 0 saturated carbocycles. The molecule has 0 radical (unpaired) electrons. The van der Waals surface area contributed by atoms with E-state index < -0.39 is 32.1 Å². The second-order valence-corrected chi connectivity index (χ2v) is 3.16. The van der Waals surface area contributed by atoms with Crippen LogP contribution < -0.4 is 0 Å². The second-order valence-electron chi connectivity index (χ2n) is 2.32. The lowest BCUT2D eigenvalue weighted by atomic mass is 10.1. The van der Waals surface area contributed by atoms with Gasteiger partial charge in [0.05, 0.1) is 0 Å². The molecule has 0 aromatic carbocycles. The van der Waals surface area contributed by atoms with Gasteiger partial charge >= 0.3 is 32.1 Å². The average molecular weight is 267 g/mol. The van der Waals surface area contributed by atoms with Crippen molar-refractivity contribution < 1.29 is 44.1 Å². The molecule has 15 heavy (non-hydrogen) atoms. The van der Waals surface area contributed by atoms with E-state index in [1.165, 1.54) is 0 Å². The Hall–Kier alpha value is -0.530. The Labute approximate surface area is 77.4 Å². The highest BCUT2D eigenvalue weighted by Gasteiger charge is 2.85. The highest BCUT2D eigenvalue weighted by molar-refractivity contribution is 7.25. The number of hydrogen-bond donors (Lipinski definition) is 0. The zero-order chi connectivity index (χ0) is 12.7. The topological polar surface area (TPSA) is 17.1 Å². The Balaban J connectivity index is 5.47. The summed E-state index contributed by atoms with van der Waals surface area (Å²) in [6.45, 7) is 0. The van der Waals surface area contributed by atoms with E-state index in [1.807, 2.05) is 0 Å². The minimum atomic E-state index is -6.96. The predicted octanol–water partition coefficient (Wildman–Crippen LogP) is 3.44. The summed E-state index contributed by atoms with van der Waals surface area (Å²) in [6, 6.07) is 0. The molecular formula is C4HF9OP+. The second kappa shape index (κ2) is 3.50. The van der Waals surface area contributed by atoms with E-state index in [1.54, 1.807) is 0 Å². The van der Waals surface area contributed by atoms with Crippen LogP contribution in [-0.2, 0) is 4.57 Å². The van der Waals surface area contributed by atoms with Crippen LogP contribution in [0.1, 0.15) is 0 Å². The van der Waals surface area contributed by atoms with Gasteiger partial charge in [-0.25, -0.2) is 0 Å². The highest BCUT2D eigenvalue weighted by Crippen LogP contribution is 2.56. The van der Waals surface area contributed by atoms with Crippen molar-refractivity contribution in [1.82, 2.24) is 0 Å². The van der Waals surface area contributed by atoms with Crippen molar-refractivity contribution in [2.24, 2.45) is 0 Å². The molecule has 0 bridgehead atoms. The maximum absolute atomic E-state index is 12.1. The van der Waals surface area contributed by atoms with Crippen molar-refractivity contribution in [2.75, 3.05) is 0 Å². The fourth-order valence-corrected chi connectivity index (χ4v) is 0.724. The molecule has 1 unspecified atom stereocenters. The molecule has 90 valence electrons. The van der Waals surface area contributed by atoms with Gasteiger partial charge in [-0.1, -0.05) is 4.57 Å². The lowest BCUT2D eigenvalue weighted by Crippen LogP contribution is -2.59. The van der Waals surface area contributed by atoms with E-state index >= 15 is 0 Å². The van der Waals surface area contributed by atoms with Gasteiger partial charge in [0.1, 0.15) is 0 Å². The summed E-state index contributed by atoms with van der Waals surface area (Å²) < 4.78 is 115. The van der Waals surface area contributed by atoms with Crippen LogP contribution in [0.25, 0.3) is 0 Å². The van der Waals surface area contributed by atoms with Gasteiger partial charge in [-0.05, 0) is 0 Å². The molecule has 0 aromatic rings. The highest BCUT2D eigenvalue weighted by atomic mass is 31.1. The molecule has 0 aliphatic heterocycles. The number of alkyl halides is 9. The molecule has 0 saturated heterocycles. The third kappa shape index (κ3) is 2.04. The Morgan fingerprint density at radius 2 is 1.00 bits per heavy atom. The van der Waals surface area contributed by atoms with Gasteiger partial charge in [-0.2, -0.15) is 39.5 Å². The van der Waals surface area contributed by atoms with E-state index in [4.69, 9.17) is 0 Å². The van der Waals surface area contributed by atoms with Crippen molar-refractivity contribution in [2.45, 2.75) is 23.7 Å². The zero-order valence-corrected chi connectivity index (χ0v) is 7.31. The van der Waals surface area contributed by atoms with Crippen LogP contribution in [0.4, 0.5) is 39.5 Å². The van der Waals surface area contributed by atoms with E-state index in [2.05, 4.69) is 0 Å². The number of hydrogen-bond acceptors (Lipinski definition) is 1. The molecule has 0 spiro atoms. The molecule has 0 heterocycles. The van der Waals surface area contributed by atoms with Crippen molar-refractivity contribution in [3.05, 3.63) is 0 Å². The Bertz CT molecular complexity index is 255. The van der Waals surface area contributed by atoms with Crippen LogP contribution in [0.2, 0.25) is 0 Å². The van der Waals surface area contributed by atoms with Crippen LogP contribution in [-0.4, -0.2) is 23.7 Å². The maximum Gasteiger partial charge on any atom is 0.511 e. The summed E-state index contributed by atoms with van der Waals surface area (Å²) in [5, 5.41) is 0. The molecule has 0 aliphatic rings. The lowest BCUT2D eigenvalue weighted by molar-refractivity contribution is -0.381. The fourth-order valence-electron chi connectivity index (χ4n) is 0.439. The molecule has 0 aliphatic carbocycles. The normalized spacial score (nSPS) is 15.8. The van der Waals surface area contributed by atoms with Crippen molar-refractivity contribution in [1.29, 1.82) is 0 Å². The fraction of sp³-hybridized carbons (Fsp3) is 1.00. The average Bonchev–Trinajstić information content (AvgIpc) is 2.01. The molecule has 1 nitrogen and oxygen atoms in total. The third-order valence-corrected chi connectivity index (χ3v) is 1.84. The molecule has 0 rings (SSSR count). The smallest absolute Gasteiger partial charge is 0.189 e. The minimum Gasteiger partial charge on any atom is -0.189 e. The largest absolute Gasteiger partial charge is 0.511 e. The zero-order valence-electron chi connectivity index (χ0n) is 6.31. The Morgan fingerprint density at radius 3 is 1.20 bits per heavy atom. The maximum atomic E-state index is 12.1. The van der Waals surface area contributed by atoms with Gasteiger partial charge in [0.25, 0.3) is 0 Å². The van der Waals surface area contributed by atoms with Crippen LogP contribution in [0.3, 0.4) is 0 Å². The van der Waals surface area contributed by atoms with E-state index in [9.17, 15) is 44.1 Å². The molecular weight excluding hydrogens is 266 g/mol. The van der Waals surface area contributed by atoms with Crippen molar-refractivity contribution >= 4 is 8.46 Å². The van der Waals surface area contributed by atoms with Crippen molar-refractivity contribution in [3.63, 3.8) is 0 Å². The molecule has 0 aromatic heterocycles. The monoisotopic (exact) mass is 267 g/mol. The number of rotatable bonds is 3. The van der Waals surface area contributed by atoms with E-state index in [0.717, 1.165) is 0 Å². The quantitative estimate of drug-likeness (QED) is 0.565. The molecule has 0 amide bonds. The van der Waals surface area contributed by atoms with Gasteiger partial charge < -0.3 is 0 Å². The summed E-state index contributed by atoms with van der Waals surface area (Å²) in [7, 11) is -3.32. The lowest BCUT2D eigenvalue weighted by Gasteiger charge is -2.27. The first kappa shape index (κ1) is 14.5. The van der Waals surface area contributed by atoms with Crippen molar-refractivity contribution in [3.8, 4) is 0 Å². The summed E-state index contributed by atoms with van der Waals surface area (Å²) in [6.07, 6.45) is -6.86. The van der Waals surface area contributed by atoms with Crippen LogP contribution >= 0.6 is 8.46 Å². The minimum absolute atomic E-state index is 3.32. The predicted molar refractivity (Wildman–Crippen MR) is 29.9 cm³/mol. The summed E-state index contributed by atoms with van der Waals surface area (Å²) in [5.74, 6) is -13.7. The van der Waals surface area contributed by atoms with E-state index in [0.29, 0.717) is 0 Å². The summed E-state index contributed by atoms with van der Waals surface area (Å²) in [4.78, 5) is 0. The first-order valence-corrected chi connectivity index (χ1v) is 3.81. The van der Waals surface area contributed by atoms with Gasteiger partial charge in [0.2, 0.25) is 0 Å². The molecule has 11 heteroatoms. The Morgan fingerprint density at radius 1 is 0.667 bits per heavy atom. The Kier molecular flexibility index (Phi) is 3.37. The standard InChI is InChI=1S/C4F9OP/c5-1(6,3(9,10)11)2(7,8)4(12,13)15-14/p+1. The first-order chi connectivity index (χ1) is 6.31. The summed E-state index contributed by atoms with van der Waals surface area (Å²) >= 11 is 0. The van der Waals surface area contributed by atoms with E-state index in [-0.39, 0.29) is 0 Å². The molecule has 0 N–H and O–H groups in total.